The van der Waals surface area contributed by atoms with Crippen molar-refractivity contribution >= 4 is 17.3 Å². The minimum absolute atomic E-state index is 0.000532. The third kappa shape index (κ3) is 1.89. The fourth-order valence-electron chi connectivity index (χ4n) is 0.990. The highest BCUT2D eigenvalue weighted by atomic mass is 35.5. The van der Waals surface area contributed by atoms with Gasteiger partial charge in [-0.05, 0) is 17.0 Å². The van der Waals surface area contributed by atoms with Crippen molar-refractivity contribution in [3.63, 3.8) is 0 Å². The quantitative estimate of drug-likeness (QED) is 0.630. The molecule has 0 unspecified atom stereocenters. The van der Waals surface area contributed by atoms with E-state index in [-0.39, 0.29) is 5.41 Å². The molecule has 12 heavy (non-hydrogen) atoms. The van der Waals surface area contributed by atoms with Crippen LogP contribution in [0.3, 0.4) is 0 Å². The molecule has 2 N–H and O–H groups in total. The van der Waals surface area contributed by atoms with Gasteiger partial charge in [0.15, 0.2) is 0 Å². The van der Waals surface area contributed by atoms with Gasteiger partial charge in [-0.1, -0.05) is 32.4 Å². The van der Waals surface area contributed by atoms with Crippen LogP contribution >= 0.6 is 11.6 Å². The van der Waals surface area contributed by atoms with Crippen molar-refractivity contribution in [3.05, 3.63) is 23.0 Å². The monoisotopic (exact) mass is 184 g/mol. The van der Waals surface area contributed by atoms with E-state index in [0.717, 1.165) is 5.56 Å². The molecule has 0 aromatic carbocycles. The maximum atomic E-state index is 5.91. The van der Waals surface area contributed by atoms with Crippen molar-refractivity contribution < 1.29 is 0 Å². The highest BCUT2D eigenvalue weighted by molar-refractivity contribution is 6.30. The molecule has 0 aliphatic carbocycles. The summed E-state index contributed by atoms with van der Waals surface area (Å²) in [6, 6.07) is 1.87. The third-order valence-corrected chi connectivity index (χ3v) is 1.97. The molecule has 0 aliphatic rings. The topological polar surface area (TPSA) is 38.9 Å². The van der Waals surface area contributed by atoms with E-state index in [2.05, 4.69) is 25.8 Å². The van der Waals surface area contributed by atoms with Crippen molar-refractivity contribution in [2.75, 3.05) is 5.73 Å². The second-order valence-corrected chi connectivity index (χ2v) is 4.22. The van der Waals surface area contributed by atoms with Crippen LogP contribution in [0, 0.1) is 0 Å². The van der Waals surface area contributed by atoms with Crippen molar-refractivity contribution in [1.82, 2.24) is 4.98 Å². The summed E-state index contributed by atoms with van der Waals surface area (Å²) in [6.07, 6.45) is 1.57. The first-order chi connectivity index (χ1) is 5.41. The average Bonchev–Trinajstić information content (AvgIpc) is 1.92. The van der Waals surface area contributed by atoms with E-state index in [1.54, 1.807) is 6.20 Å². The van der Waals surface area contributed by atoms with E-state index >= 15 is 0 Å². The highest BCUT2D eigenvalue weighted by Crippen LogP contribution is 2.28. The Morgan fingerprint density at radius 1 is 1.42 bits per heavy atom. The summed E-state index contributed by atoms with van der Waals surface area (Å²) < 4.78 is 0. The fourth-order valence-corrected chi connectivity index (χ4v) is 1.38. The van der Waals surface area contributed by atoms with Crippen molar-refractivity contribution in [3.8, 4) is 0 Å². The Kier molecular flexibility index (Phi) is 2.29. The lowest BCUT2D eigenvalue weighted by Crippen LogP contribution is -2.13. The molecule has 1 aromatic rings. The normalized spacial score (nSPS) is 11.7. The Morgan fingerprint density at radius 3 is 2.42 bits per heavy atom. The molecule has 1 rings (SSSR count). The van der Waals surface area contributed by atoms with Crippen LogP contribution in [0.1, 0.15) is 26.3 Å². The first-order valence-electron chi connectivity index (χ1n) is 3.83. The zero-order valence-electron chi connectivity index (χ0n) is 7.56. The lowest BCUT2D eigenvalue weighted by Gasteiger charge is -2.19. The number of aromatic nitrogens is 1. The lowest BCUT2D eigenvalue weighted by molar-refractivity contribution is 0.588. The zero-order chi connectivity index (χ0) is 9.35. The number of pyridine rings is 1. The van der Waals surface area contributed by atoms with Gasteiger partial charge in [0.1, 0.15) is 5.15 Å². The van der Waals surface area contributed by atoms with E-state index in [9.17, 15) is 0 Å². The smallest absolute Gasteiger partial charge is 0.132 e. The van der Waals surface area contributed by atoms with Gasteiger partial charge >= 0.3 is 0 Å². The Labute approximate surface area is 77.8 Å². The fraction of sp³-hybridized carbons (Fsp3) is 0.444. The number of hydrogen-bond donors (Lipinski definition) is 1. The molecule has 0 spiro atoms. The molecule has 0 bridgehead atoms. The summed E-state index contributed by atoms with van der Waals surface area (Å²) in [6.45, 7) is 6.24. The maximum absolute atomic E-state index is 5.91. The van der Waals surface area contributed by atoms with Gasteiger partial charge in [-0.25, -0.2) is 4.98 Å². The van der Waals surface area contributed by atoms with E-state index < -0.39 is 0 Å². The summed E-state index contributed by atoms with van der Waals surface area (Å²) in [5, 5.41) is 0.539. The van der Waals surface area contributed by atoms with Gasteiger partial charge in [0.25, 0.3) is 0 Å². The molecular weight excluding hydrogens is 172 g/mol. The minimum Gasteiger partial charge on any atom is -0.397 e. The van der Waals surface area contributed by atoms with Crippen LogP contribution in [0.15, 0.2) is 12.3 Å². The molecule has 0 atom stereocenters. The Hall–Kier alpha value is -0.760. The first-order valence-corrected chi connectivity index (χ1v) is 4.20. The largest absolute Gasteiger partial charge is 0.397 e. The molecule has 66 valence electrons. The second-order valence-electron chi connectivity index (χ2n) is 3.86. The Bertz CT molecular complexity index is 289. The summed E-state index contributed by atoms with van der Waals surface area (Å²) >= 11 is 5.91. The summed E-state index contributed by atoms with van der Waals surface area (Å²) in [7, 11) is 0. The van der Waals surface area contributed by atoms with Crippen LogP contribution in [0.25, 0.3) is 0 Å². The number of nitrogens with zero attached hydrogens (tertiary/aromatic N) is 1. The van der Waals surface area contributed by atoms with Crippen molar-refractivity contribution in [1.29, 1.82) is 0 Å². The predicted octanol–water partition coefficient (Wildman–Crippen LogP) is 2.61. The number of nitrogens with two attached hydrogens (primary N) is 1. The van der Waals surface area contributed by atoms with E-state index in [4.69, 9.17) is 17.3 Å². The molecular formula is C9H13ClN2. The molecule has 1 heterocycles. The van der Waals surface area contributed by atoms with Crippen LogP contribution < -0.4 is 5.73 Å². The zero-order valence-corrected chi connectivity index (χ0v) is 8.31. The first kappa shape index (κ1) is 9.33. The van der Waals surface area contributed by atoms with E-state index in [1.807, 2.05) is 6.07 Å². The number of halogens is 1. The van der Waals surface area contributed by atoms with Gasteiger partial charge in [0, 0.05) is 0 Å². The van der Waals surface area contributed by atoms with Crippen molar-refractivity contribution in [2.45, 2.75) is 26.2 Å². The summed E-state index contributed by atoms with van der Waals surface area (Å²) in [5.41, 5.74) is 7.25. The van der Waals surface area contributed by atoms with Crippen LogP contribution in [0.5, 0.6) is 0 Å². The Morgan fingerprint density at radius 2 is 2.00 bits per heavy atom. The van der Waals surface area contributed by atoms with Gasteiger partial charge in [0.2, 0.25) is 0 Å². The van der Waals surface area contributed by atoms with E-state index in [1.165, 1.54) is 0 Å². The van der Waals surface area contributed by atoms with E-state index in [0.29, 0.717) is 10.8 Å². The summed E-state index contributed by atoms with van der Waals surface area (Å²) in [4.78, 5) is 3.99. The molecule has 3 heteroatoms. The molecule has 1 aromatic heterocycles. The van der Waals surface area contributed by atoms with Gasteiger partial charge in [-0.2, -0.15) is 0 Å². The SMILES string of the molecule is CC(C)(C)c1cc(N)cnc1Cl. The molecule has 2 nitrogen and oxygen atoms in total. The van der Waals surface area contributed by atoms with Crippen LogP contribution in [0.4, 0.5) is 5.69 Å². The lowest BCUT2D eigenvalue weighted by atomic mass is 9.88. The van der Waals surface area contributed by atoms with Gasteiger partial charge in [-0.15, -0.1) is 0 Å². The number of nitrogen functional groups attached to an aromatic ring is 1. The van der Waals surface area contributed by atoms with Crippen LogP contribution in [0.2, 0.25) is 5.15 Å². The molecule has 0 fully saturated rings. The number of hydrogen-bond acceptors (Lipinski definition) is 2. The molecule has 0 aliphatic heterocycles. The third-order valence-electron chi connectivity index (χ3n) is 1.67. The predicted molar refractivity (Wildman–Crippen MR) is 52.4 cm³/mol. The molecule has 0 radical (unpaired) electrons. The maximum Gasteiger partial charge on any atom is 0.132 e. The summed E-state index contributed by atoms with van der Waals surface area (Å²) in [5.74, 6) is 0. The number of rotatable bonds is 0. The standard InChI is InChI=1S/C9H13ClN2/c1-9(2,3)7-4-6(11)5-12-8(7)10/h4-5H,11H2,1-3H3. The Balaban J connectivity index is 3.23. The van der Waals surface area contributed by atoms with Crippen LogP contribution in [-0.2, 0) is 5.41 Å². The minimum atomic E-state index is -0.000532. The second kappa shape index (κ2) is 2.94. The molecule has 0 saturated heterocycles. The average molecular weight is 185 g/mol. The highest BCUT2D eigenvalue weighted by Gasteiger charge is 2.17. The molecule has 0 saturated carbocycles. The van der Waals surface area contributed by atoms with Crippen LogP contribution in [-0.4, -0.2) is 4.98 Å². The van der Waals surface area contributed by atoms with Gasteiger partial charge in [-0.3, -0.25) is 0 Å². The van der Waals surface area contributed by atoms with Gasteiger partial charge in [0.05, 0.1) is 11.9 Å². The van der Waals surface area contributed by atoms with Gasteiger partial charge < -0.3 is 5.73 Å². The number of anilines is 1. The van der Waals surface area contributed by atoms with Crippen molar-refractivity contribution in [2.24, 2.45) is 0 Å². The molecule has 0 amide bonds.